The van der Waals surface area contributed by atoms with Crippen LogP contribution in [0.4, 0.5) is 5.13 Å². The highest BCUT2D eigenvalue weighted by Gasteiger charge is 2.23. The average Bonchev–Trinajstić information content (AvgIpc) is 3.37. The molecule has 12 heteroatoms. The van der Waals surface area contributed by atoms with E-state index in [1.807, 2.05) is 31.2 Å². The van der Waals surface area contributed by atoms with Crippen molar-refractivity contribution in [2.45, 2.75) is 27.7 Å². The summed E-state index contributed by atoms with van der Waals surface area (Å²) in [7, 11) is 0. The third kappa shape index (κ3) is 4.93. The summed E-state index contributed by atoms with van der Waals surface area (Å²) in [6.45, 7) is 2.04. The number of carbonyl (C=O) groups is 1. The number of thioether (sulfide) groups is 3. The van der Waals surface area contributed by atoms with E-state index in [2.05, 4.69) is 31.4 Å². The van der Waals surface area contributed by atoms with Crippen LogP contribution in [-0.4, -0.2) is 42.9 Å². The second-order valence-electron chi connectivity index (χ2n) is 6.03. The molecular weight excluding hydrogens is 526 g/mol. The van der Waals surface area contributed by atoms with Crippen molar-refractivity contribution in [3.05, 3.63) is 44.8 Å². The Morgan fingerprint density at radius 1 is 1.27 bits per heavy atom. The Morgan fingerprint density at radius 3 is 2.83 bits per heavy atom. The maximum absolute atomic E-state index is 13.1. The zero-order chi connectivity index (χ0) is 21.1. The molecule has 1 amide bonds. The van der Waals surface area contributed by atoms with E-state index in [-0.39, 0.29) is 17.2 Å². The number of carbonyl (C=O) groups excluding carboxylic acids is 1. The van der Waals surface area contributed by atoms with E-state index in [9.17, 15) is 9.59 Å². The van der Waals surface area contributed by atoms with Crippen LogP contribution in [0, 0.1) is 0 Å². The lowest BCUT2D eigenvalue weighted by Gasteiger charge is -2.13. The molecule has 0 spiro atoms. The fraction of sp³-hybridized carbons (Fsp3) is 0.278. The SMILES string of the molecule is CCSc1nnc(NC(=O)CSc2nc3c(c(=O)n2-c2ccc(Br)cc2)SCC3)s1. The molecule has 0 radical (unpaired) electrons. The normalized spacial score (nSPS) is 12.7. The van der Waals surface area contributed by atoms with Gasteiger partial charge in [0.05, 0.1) is 22.0 Å². The van der Waals surface area contributed by atoms with Gasteiger partial charge < -0.3 is 0 Å². The maximum Gasteiger partial charge on any atom is 0.272 e. The van der Waals surface area contributed by atoms with Crippen LogP contribution in [0.15, 0.2) is 47.9 Å². The lowest BCUT2D eigenvalue weighted by atomic mass is 10.3. The summed E-state index contributed by atoms with van der Waals surface area (Å²) < 4.78 is 3.33. The molecule has 0 aliphatic carbocycles. The monoisotopic (exact) mass is 541 g/mol. The van der Waals surface area contributed by atoms with Crippen LogP contribution in [0.25, 0.3) is 5.69 Å². The van der Waals surface area contributed by atoms with Crippen molar-refractivity contribution in [3.8, 4) is 5.69 Å². The van der Waals surface area contributed by atoms with Crippen molar-refractivity contribution in [1.29, 1.82) is 0 Å². The quantitative estimate of drug-likeness (QED) is 0.268. The molecule has 3 aromatic rings. The third-order valence-corrected chi connectivity index (χ3v) is 8.43. The van der Waals surface area contributed by atoms with Gasteiger partial charge in [0.2, 0.25) is 11.0 Å². The van der Waals surface area contributed by atoms with E-state index < -0.39 is 0 Å². The van der Waals surface area contributed by atoms with Gasteiger partial charge in [0.1, 0.15) is 0 Å². The summed E-state index contributed by atoms with van der Waals surface area (Å²) in [4.78, 5) is 31.0. The molecule has 1 aromatic carbocycles. The minimum absolute atomic E-state index is 0.0851. The summed E-state index contributed by atoms with van der Waals surface area (Å²) >= 11 is 9.13. The van der Waals surface area contributed by atoms with Crippen LogP contribution in [0.1, 0.15) is 12.6 Å². The Bertz CT molecular complexity index is 1130. The molecule has 0 fully saturated rings. The van der Waals surface area contributed by atoms with Gasteiger partial charge in [-0.25, -0.2) is 4.98 Å². The van der Waals surface area contributed by atoms with E-state index >= 15 is 0 Å². The van der Waals surface area contributed by atoms with Crippen molar-refractivity contribution >= 4 is 73.6 Å². The van der Waals surface area contributed by atoms with Gasteiger partial charge >= 0.3 is 0 Å². The molecule has 4 rings (SSSR count). The minimum atomic E-state index is -0.212. The van der Waals surface area contributed by atoms with E-state index in [4.69, 9.17) is 4.98 Å². The van der Waals surface area contributed by atoms with E-state index in [0.29, 0.717) is 15.2 Å². The number of benzene rings is 1. The molecule has 0 bridgehead atoms. The van der Waals surface area contributed by atoms with Crippen molar-refractivity contribution in [3.63, 3.8) is 0 Å². The number of hydrogen-bond acceptors (Lipinski definition) is 9. The van der Waals surface area contributed by atoms with Crippen LogP contribution < -0.4 is 10.9 Å². The molecule has 7 nitrogen and oxygen atoms in total. The Kier molecular flexibility index (Phi) is 7.19. The molecule has 0 atom stereocenters. The van der Waals surface area contributed by atoms with Gasteiger partial charge in [-0.1, -0.05) is 57.7 Å². The van der Waals surface area contributed by atoms with Gasteiger partial charge in [-0.05, 0) is 30.0 Å². The number of anilines is 1. The van der Waals surface area contributed by atoms with Gasteiger partial charge in [-0.15, -0.1) is 22.0 Å². The van der Waals surface area contributed by atoms with Crippen LogP contribution in [0.3, 0.4) is 0 Å². The topological polar surface area (TPSA) is 89.8 Å². The summed E-state index contributed by atoms with van der Waals surface area (Å²) in [6.07, 6.45) is 0.763. The smallest absolute Gasteiger partial charge is 0.272 e. The van der Waals surface area contributed by atoms with Crippen LogP contribution in [-0.2, 0) is 11.2 Å². The first-order valence-electron chi connectivity index (χ1n) is 8.98. The number of aryl methyl sites for hydroxylation is 1. The van der Waals surface area contributed by atoms with Gasteiger partial charge in [0.15, 0.2) is 9.50 Å². The predicted octanol–water partition coefficient (Wildman–Crippen LogP) is 4.34. The van der Waals surface area contributed by atoms with E-state index in [0.717, 1.165) is 38.1 Å². The van der Waals surface area contributed by atoms with Crippen LogP contribution in [0.2, 0.25) is 0 Å². The number of amides is 1. The first-order chi connectivity index (χ1) is 14.5. The lowest BCUT2D eigenvalue weighted by Crippen LogP contribution is -2.24. The van der Waals surface area contributed by atoms with Gasteiger partial charge in [-0.2, -0.15) is 0 Å². The molecule has 0 saturated carbocycles. The minimum Gasteiger partial charge on any atom is -0.300 e. The number of rotatable bonds is 7. The summed E-state index contributed by atoms with van der Waals surface area (Å²) in [5.74, 6) is 1.65. The molecule has 0 saturated heterocycles. The second-order valence-corrected chi connectivity index (χ2v) is 11.5. The Labute approximate surface area is 198 Å². The fourth-order valence-electron chi connectivity index (χ4n) is 2.73. The van der Waals surface area contributed by atoms with Crippen molar-refractivity contribution in [1.82, 2.24) is 19.7 Å². The molecular formula is C18H16BrN5O2S4. The highest BCUT2D eigenvalue weighted by atomic mass is 79.9. The number of fused-ring (bicyclic) bond motifs is 1. The van der Waals surface area contributed by atoms with Crippen molar-refractivity contribution in [2.24, 2.45) is 0 Å². The predicted molar refractivity (Wildman–Crippen MR) is 128 cm³/mol. The number of aromatic nitrogens is 4. The number of nitrogens with zero attached hydrogens (tertiary/aromatic N) is 4. The molecule has 3 heterocycles. The van der Waals surface area contributed by atoms with Gasteiger partial charge in [0, 0.05) is 16.6 Å². The first kappa shape index (κ1) is 21.9. The average molecular weight is 543 g/mol. The van der Waals surface area contributed by atoms with Crippen LogP contribution >= 0.6 is 62.6 Å². The Balaban J connectivity index is 1.55. The number of nitrogens with one attached hydrogen (secondary N) is 1. The highest BCUT2D eigenvalue weighted by molar-refractivity contribution is 9.10. The fourth-order valence-corrected chi connectivity index (χ4v) is 6.52. The van der Waals surface area contributed by atoms with E-state index in [1.165, 1.54) is 34.9 Å². The Morgan fingerprint density at radius 2 is 2.07 bits per heavy atom. The molecule has 1 N–H and O–H groups in total. The molecule has 0 unspecified atom stereocenters. The molecule has 30 heavy (non-hydrogen) atoms. The third-order valence-electron chi connectivity index (χ3n) is 4.00. The summed E-state index contributed by atoms with van der Waals surface area (Å²) in [5.41, 5.74) is 1.45. The highest BCUT2D eigenvalue weighted by Crippen LogP contribution is 2.30. The van der Waals surface area contributed by atoms with Gasteiger partial charge in [-0.3, -0.25) is 19.5 Å². The molecule has 1 aliphatic heterocycles. The van der Waals surface area contributed by atoms with Crippen LogP contribution in [0.5, 0.6) is 0 Å². The van der Waals surface area contributed by atoms with E-state index in [1.54, 1.807) is 16.3 Å². The summed E-state index contributed by atoms with van der Waals surface area (Å²) in [6, 6.07) is 7.48. The second kappa shape index (κ2) is 9.86. The molecule has 1 aliphatic rings. The number of hydrogen-bond donors (Lipinski definition) is 1. The number of halogens is 1. The first-order valence-corrected chi connectivity index (χ1v) is 13.6. The van der Waals surface area contributed by atoms with Gasteiger partial charge in [0.25, 0.3) is 5.56 Å². The van der Waals surface area contributed by atoms with Crippen molar-refractivity contribution in [2.75, 3.05) is 22.6 Å². The maximum atomic E-state index is 13.1. The standard InChI is InChI=1S/C18H16BrN5O2S4/c1-2-27-18-23-22-16(30-18)21-13(25)9-29-17-20-12-7-8-28-14(12)15(26)24(17)11-5-3-10(19)4-6-11/h3-6H,2,7-9H2,1H3,(H,21,22,25). The largest absolute Gasteiger partial charge is 0.300 e. The summed E-state index contributed by atoms with van der Waals surface area (Å²) in [5, 5.41) is 11.8. The zero-order valence-corrected chi connectivity index (χ0v) is 20.6. The van der Waals surface area contributed by atoms with Crippen molar-refractivity contribution < 1.29 is 4.79 Å². The molecule has 156 valence electrons. The molecule has 2 aromatic heterocycles. The lowest BCUT2D eigenvalue weighted by molar-refractivity contribution is -0.113. The Hall–Kier alpha value is -1.34. The zero-order valence-electron chi connectivity index (χ0n) is 15.8.